The van der Waals surface area contributed by atoms with E-state index in [1.165, 1.54) is 122 Å². The molecule has 4 heteroatoms. The molecule has 0 atom stereocenters. The highest BCUT2D eigenvalue weighted by atomic mass is 32.2. The third-order valence-corrected chi connectivity index (χ3v) is 9.51. The van der Waals surface area contributed by atoms with E-state index >= 15 is 0 Å². The molecule has 0 aliphatic heterocycles. The predicted molar refractivity (Wildman–Crippen MR) is 174 cm³/mol. The molecule has 3 nitrogen and oxygen atoms in total. The van der Waals surface area contributed by atoms with E-state index in [0.29, 0.717) is 6.42 Å². The van der Waals surface area contributed by atoms with E-state index in [4.69, 9.17) is 0 Å². The van der Waals surface area contributed by atoms with E-state index in [-0.39, 0.29) is 4.90 Å². The molecule has 0 saturated heterocycles. The van der Waals surface area contributed by atoms with Gasteiger partial charge in [0, 0.05) is 5.39 Å². The second-order valence-electron chi connectivity index (χ2n) is 12.1. The number of aryl methyl sites for hydroxylation is 2. The largest absolute Gasteiger partial charge is 0.295 e. The van der Waals surface area contributed by atoms with Crippen LogP contribution in [0.15, 0.2) is 35.2 Å². The fourth-order valence-electron chi connectivity index (χ4n) is 6.12. The number of hydrogen-bond donors (Lipinski definition) is 1. The van der Waals surface area contributed by atoms with E-state index in [9.17, 15) is 13.0 Å². The van der Waals surface area contributed by atoms with Crippen LogP contribution in [0.25, 0.3) is 10.8 Å². The van der Waals surface area contributed by atoms with Crippen molar-refractivity contribution in [1.29, 1.82) is 0 Å². The molecule has 40 heavy (non-hydrogen) atoms. The van der Waals surface area contributed by atoms with Crippen LogP contribution in [-0.4, -0.2) is 13.0 Å². The first kappa shape index (κ1) is 34.8. The molecule has 0 amide bonds. The average Bonchev–Trinajstić information content (AvgIpc) is 2.93. The highest BCUT2D eigenvalue weighted by Crippen LogP contribution is 2.32. The lowest BCUT2D eigenvalue weighted by atomic mass is 9.95. The molecule has 228 valence electrons. The topological polar surface area (TPSA) is 54.4 Å². The maximum atomic E-state index is 12.6. The van der Waals surface area contributed by atoms with Crippen LogP contribution in [0.1, 0.15) is 166 Å². The minimum absolute atomic E-state index is 0.163. The molecule has 0 radical (unpaired) electrons. The van der Waals surface area contributed by atoms with Gasteiger partial charge in [0.2, 0.25) is 0 Å². The zero-order valence-corrected chi connectivity index (χ0v) is 26.8. The summed E-state index contributed by atoms with van der Waals surface area (Å²) in [5.41, 5.74) is 1.83. The van der Waals surface area contributed by atoms with Crippen LogP contribution in [0, 0.1) is 0 Å². The lowest BCUT2D eigenvalue weighted by molar-refractivity contribution is 0.482. The van der Waals surface area contributed by atoms with Crippen LogP contribution in [0.4, 0.5) is 0 Å². The summed E-state index contributed by atoms with van der Waals surface area (Å²) >= 11 is 0. The molecule has 2 aromatic carbocycles. The van der Waals surface area contributed by atoms with Crippen molar-refractivity contribution in [1.82, 2.24) is 0 Å². The Hall–Kier alpha value is -1.39. The van der Waals surface area contributed by atoms with Crippen LogP contribution in [-0.2, 0) is 23.0 Å². The molecule has 0 aliphatic carbocycles. The summed E-state index contributed by atoms with van der Waals surface area (Å²) in [4.78, 5) is 0.163. The van der Waals surface area contributed by atoms with Gasteiger partial charge in [-0.2, -0.15) is 8.42 Å². The van der Waals surface area contributed by atoms with E-state index in [2.05, 4.69) is 19.9 Å². The third-order valence-electron chi connectivity index (χ3n) is 8.52. The first-order valence-electron chi connectivity index (χ1n) is 17.0. The Kier molecular flexibility index (Phi) is 18.6. The van der Waals surface area contributed by atoms with Gasteiger partial charge in [-0.25, -0.2) is 0 Å². The van der Waals surface area contributed by atoms with Crippen molar-refractivity contribution in [3.8, 4) is 0 Å². The number of unbranched alkanes of at least 4 members (excludes halogenated alkanes) is 20. The molecule has 1 N–H and O–H groups in total. The maximum Gasteiger partial charge on any atom is 0.295 e. The van der Waals surface area contributed by atoms with Crippen LogP contribution in [0.3, 0.4) is 0 Å². The standard InChI is InChI=1S/C36H60O3S/c1-3-5-7-9-11-13-15-17-19-21-23-26-32-28-25-29-33-30-31-34(36(35(32)33)40(37,38)39)27-24-22-20-18-16-14-12-10-8-6-4-2/h25,28-31H,3-24,26-27H2,1-2H3,(H,37,38,39). The summed E-state index contributed by atoms with van der Waals surface area (Å²) in [5, 5.41) is 1.66. The molecule has 2 aromatic rings. The minimum Gasteiger partial charge on any atom is -0.282 e. The van der Waals surface area contributed by atoms with Crippen molar-refractivity contribution >= 4 is 20.9 Å². The average molecular weight is 573 g/mol. The van der Waals surface area contributed by atoms with Crippen molar-refractivity contribution in [3.63, 3.8) is 0 Å². The van der Waals surface area contributed by atoms with Crippen molar-refractivity contribution < 1.29 is 13.0 Å². The van der Waals surface area contributed by atoms with E-state index < -0.39 is 10.1 Å². The summed E-state index contributed by atoms with van der Waals surface area (Å²) in [7, 11) is -4.30. The van der Waals surface area contributed by atoms with Crippen LogP contribution in [0.5, 0.6) is 0 Å². The molecule has 0 fully saturated rings. The first-order chi connectivity index (χ1) is 19.5. The van der Waals surface area contributed by atoms with Crippen molar-refractivity contribution in [2.24, 2.45) is 0 Å². The Bertz CT molecular complexity index is 1030. The van der Waals surface area contributed by atoms with Crippen molar-refractivity contribution in [2.75, 3.05) is 0 Å². The Morgan fingerprint density at radius 1 is 0.500 bits per heavy atom. The van der Waals surface area contributed by atoms with Gasteiger partial charge in [-0.3, -0.25) is 4.55 Å². The second-order valence-corrected chi connectivity index (χ2v) is 13.5. The molecule has 0 unspecified atom stereocenters. The Labute approximate surface area is 247 Å². The smallest absolute Gasteiger partial charge is 0.282 e. The van der Waals surface area contributed by atoms with E-state index in [1.54, 1.807) is 0 Å². The molecule has 0 heterocycles. The fourth-order valence-corrected chi connectivity index (χ4v) is 7.13. The fraction of sp³-hybridized carbons (Fsp3) is 0.722. The van der Waals surface area contributed by atoms with Crippen LogP contribution < -0.4 is 0 Å². The molecule has 0 spiro atoms. The SMILES string of the molecule is CCCCCCCCCCCCCc1ccc2cccc(CCCCCCCCCCCCC)c2c1S(=O)(=O)O. The molecular weight excluding hydrogens is 512 g/mol. The molecular formula is C36H60O3S. The lowest BCUT2D eigenvalue weighted by Crippen LogP contribution is -2.06. The number of hydrogen-bond acceptors (Lipinski definition) is 2. The van der Waals surface area contributed by atoms with Gasteiger partial charge in [-0.05, 0) is 42.2 Å². The Morgan fingerprint density at radius 2 is 0.900 bits per heavy atom. The van der Waals surface area contributed by atoms with Gasteiger partial charge in [0.15, 0.2) is 0 Å². The minimum atomic E-state index is -4.30. The van der Waals surface area contributed by atoms with Gasteiger partial charge in [0.25, 0.3) is 10.1 Å². The predicted octanol–water partition coefficient (Wildman–Crippen LogP) is 11.8. The van der Waals surface area contributed by atoms with Gasteiger partial charge in [-0.1, -0.05) is 173 Å². The van der Waals surface area contributed by atoms with E-state index in [1.807, 2.05) is 24.3 Å². The maximum absolute atomic E-state index is 12.6. The normalized spacial score (nSPS) is 12.0. The van der Waals surface area contributed by atoms with Gasteiger partial charge in [0.1, 0.15) is 4.90 Å². The third kappa shape index (κ3) is 14.0. The summed E-state index contributed by atoms with van der Waals surface area (Å²) in [6, 6.07) is 10.0. The van der Waals surface area contributed by atoms with Crippen molar-refractivity contribution in [3.05, 3.63) is 41.5 Å². The van der Waals surface area contributed by atoms with Gasteiger partial charge >= 0.3 is 0 Å². The van der Waals surface area contributed by atoms with Gasteiger partial charge in [0.05, 0.1) is 0 Å². The zero-order valence-electron chi connectivity index (χ0n) is 26.0. The van der Waals surface area contributed by atoms with Gasteiger partial charge < -0.3 is 0 Å². The highest BCUT2D eigenvalue weighted by molar-refractivity contribution is 7.86. The first-order valence-corrected chi connectivity index (χ1v) is 18.4. The van der Waals surface area contributed by atoms with Crippen LogP contribution in [0.2, 0.25) is 0 Å². The summed E-state index contributed by atoms with van der Waals surface area (Å²) < 4.78 is 35.6. The summed E-state index contributed by atoms with van der Waals surface area (Å²) in [6.45, 7) is 4.52. The zero-order chi connectivity index (χ0) is 28.9. The highest BCUT2D eigenvalue weighted by Gasteiger charge is 2.21. The molecule has 2 rings (SSSR count). The van der Waals surface area contributed by atoms with Crippen LogP contribution >= 0.6 is 0 Å². The van der Waals surface area contributed by atoms with E-state index in [0.717, 1.165) is 47.6 Å². The second kappa shape index (κ2) is 21.3. The Balaban J connectivity index is 1.83. The summed E-state index contributed by atoms with van der Waals surface area (Å²) in [5.74, 6) is 0. The number of benzene rings is 2. The quantitative estimate of drug-likeness (QED) is 0.0950. The summed E-state index contributed by atoms with van der Waals surface area (Å²) in [6.07, 6.45) is 29.8. The lowest BCUT2D eigenvalue weighted by Gasteiger charge is -2.15. The van der Waals surface area contributed by atoms with Crippen molar-refractivity contribution in [2.45, 2.75) is 173 Å². The van der Waals surface area contributed by atoms with Gasteiger partial charge in [-0.15, -0.1) is 0 Å². The Morgan fingerprint density at radius 3 is 1.32 bits per heavy atom. The number of rotatable bonds is 25. The number of fused-ring (bicyclic) bond motifs is 1. The molecule has 0 saturated carbocycles. The molecule has 0 aromatic heterocycles. The monoisotopic (exact) mass is 572 g/mol. The molecule has 0 aliphatic rings. The molecule has 0 bridgehead atoms.